The Labute approximate surface area is 151 Å². The molecule has 8 heteroatoms. The molecule has 0 saturated carbocycles. The zero-order chi connectivity index (χ0) is 17.9. The molecule has 0 aliphatic carbocycles. The first-order valence-corrected chi connectivity index (χ1v) is 9.03. The fraction of sp³-hybridized carbons (Fsp3) is 0.500. The van der Waals surface area contributed by atoms with Gasteiger partial charge in [0.1, 0.15) is 6.33 Å². The molecular formula is C18H22N6O2. The third-order valence-electron chi connectivity index (χ3n) is 5.29. The highest BCUT2D eigenvalue weighted by Gasteiger charge is 2.41. The minimum atomic E-state index is -0.0885. The first kappa shape index (κ1) is 16.7. The fourth-order valence-electron chi connectivity index (χ4n) is 3.88. The number of hydrogen-bond donors (Lipinski definition) is 0. The van der Waals surface area contributed by atoms with Gasteiger partial charge >= 0.3 is 0 Å². The van der Waals surface area contributed by atoms with Crippen LogP contribution in [0.3, 0.4) is 0 Å². The van der Waals surface area contributed by atoms with Gasteiger partial charge in [0.25, 0.3) is 0 Å². The summed E-state index contributed by atoms with van der Waals surface area (Å²) in [4.78, 5) is 29.4. The van der Waals surface area contributed by atoms with Crippen LogP contribution in [0.2, 0.25) is 0 Å². The number of aryl methyl sites for hydroxylation is 1. The van der Waals surface area contributed by atoms with Crippen molar-refractivity contribution in [2.24, 2.45) is 5.92 Å². The molecule has 1 aromatic carbocycles. The number of amides is 2. The molecule has 3 aliphatic rings. The summed E-state index contributed by atoms with van der Waals surface area (Å²) in [6.45, 7) is 2.21. The van der Waals surface area contributed by atoms with Crippen LogP contribution in [0.4, 0.5) is 0 Å². The summed E-state index contributed by atoms with van der Waals surface area (Å²) in [6, 6.07) is 10.1. The Bertz CT molecular complexity index is 763. The van der Waals surface area contributed by atoms with Crippen molar-refractivity contribution in [2.45, 2.75) is 38.4 Å². The lowest BCUT2D eigenvalue weighted by Gasteiger charge is -2.36. The molecule has 2 aromatic rings. The molecule has 2 atom stereocenters. The number of benzene rings is 1. The van der Waals surface area contributed by atoms with Crippen LogP contribution in [0, 0.1) is 5.92 Å². The van der Waals surface area contributed by atoms with E-state index < -0.39 is 0 Å². The smallest absolute Gasteiger partial charge is 0.228 e. The Balaban J connectivity index is 1.43. The van der Waals surface area contributed by atoms with E-state index in [0.717, 1.165) is 18.4 Å². The SMILES string of the molecule is O=C(CCn1cnnn1)N1CC2CCC(C1)N(Cc1ccccc1)C2=O. The first-order chi connectivity index (χ1) is 12.7. The molecule has 8 nitrogen and oxygen atoms in total. The van der Waals surface area contributed by atoms with Crippen LogP contribution in [0.15, 0.2) is 36.7 Å². The molecule has 5 rings (SSSR count). The fourth-order valence-corrected chi connectivity index (χ4v) is 3.88. The zero-order valence-corrected chi connectivity index (χ0v) is 14.6. The molecule has 0 radical (unpaired) electrons. The number of aromatic nitrogens is 4. The Kier molecular flexibility index (Phi) is 4.64. The number of hydrogen-bond acceptors (Lipinski definition) is 5. The van der Waals surface area contributed by atoms with E-state index >= 15 is 0 Å². The van der Waals surface area contributed by atoms with Crippen LogP contribution in [0.25, 0.3) is 0 Å². The van der Waals surface area contributed by atoms with Crippen molar-refractivity contribution in [3.8, 4) is 0 Å². The van der Waals surface area contributed by atoms with Gasteiger partial charge in [-0.3, -0.25) is 9.59 Å². The quantitative estimate of drug-likeness (QED) is 0.790. The summed E-state index contributed by atoms with van der Waals surface area (Å²) in [5.74, 6) is 0.155. The summed E-state index contributed by atoms with van der Waals surface area (Å²) in [7, 11) is 0. The molecule has 0 spiro atoms. The Morgan fingerprint density at radius 3 is 2.77 bits per heavy atom. The molecule has 2 bridgehead atoms. The maximum atomic E-state index is 12.9. The molecule has 4 heterocycles. The number of tetrazole rings is 1. The predicted molar refractivity (Wildman–Crippen MR) is 92.5 cm³/mol. The number of fused-ring (bicyclic) bond motifs is 4. The van der Waals surface area contributed by atoms with Crippen molar-refractivity contribution < 1.29 is 9.59 Å². The van der Waals surface area contributed by atoms with E-state index in [1.807, 2.05) is 40.1 Å². The second-order valence-corrected chi connectivity index (χ2v) is 7.00. The maximum Gasteiger partial charge on any atom is 0.228 e. The number of carbonyl (C=O) groups is 2. The average Bonchev–Trinajstić information content (AvgIpc) is 3.04. The highest BCUT2D eigenvalue weighted by atomic mass is 16.2. The van der Waals surface area contributed by atoms with Gasteiger partial charge in [0, 0.05) is 32.1 Å². The van der Waals surface area contributed by atoms with E-state index in [9.17, 15) is 9.59 Å². The van der Waals surface area contributed by atoms with Crippen molar-refractivity contribution in [2.75, 3.05) is 13.1 Å². The molecule has 0 N–H and O–H groups in total. The largest absolute Gasteiger partial charge is 0.340 e. The van der Waals surface area contributed by atoms with Gasteiger partial charge in [0.15, 0.2) is 0 Å². The second kappa shape index (κ2) is 7.23. The zero-order valence-electron chi connectivity index (χ0n) is 14.6. The van der Waals surface area contributed by atoms with E-state index in [0.29, 0.717) is 32.6 Å². The molecule has 136 valence electrons. The lowest BCUT2D eigenvalue weighted by Crippen LogP contribution is -2.47. The highest BCUT2D eigenvalue weighted by Crippen LogP contribution is 2.30. The number of rotatable bonds is 5. The van der Waals surface area contributed by atoms with Gasteiger partial charge in [-0.1, -0.05) is 30.3 Å². The van der Waals surface area contributed by atoms with Crippen molar-refractivity contribution in [3.63, 3.8) is 0 Å². The second-order valence-electron chi connectivity index (χ2n) is 7.00. The van der Waals surface area contributed by atoms with Gasteiger partial charge in [-0.05, 0) is 28.8 Å². The van der Waals surface area contributed by atoms with E-state index in [1.165, 1.54) is 6.33 Å². The topological polar surface area (TPSA) is 84.2 Å². The molecular weight excluding hydrogens is 332 g/mol. The average molecular weight is 354 g/mol. The van der Waals surface area contributed by atoms with Crippen LogP contribution >= 0.6 is 0 Å². The standard InChI is InChI=1S/C18H22N6O2/c25-17(8-9-23-13-19-20-21-23)22-11-15-6-7-16(12-22)24(18(15)26)10-14-4-2-1-3-5-14/h1-5,13,15-16H,6-12H2. The molecule has 26 heavy (non-hydrogen) atoms. The first-order valence-electron chi connectivity index (χ1n) is 9.03. The summed E-state index contributed by atoms with van der Waals surface area (Å²) >= 11 is 0. The van der Waals surface area contributed by atoms with Crippen molar-refractivity contribution in [1.29, 1.82) is 0 Å². The van der Waals surface area contributed by atoms with Crippen LogP contribution < -0.4 is 0 Å². The number of carbonyl (C=O) groups excluding carboxylic acids is 2. The van der Waals surface area contributed by atoms with Gasteiger partial charge in [-0.25, -0.2) is 4.68 Å². The van der Waals surface area contributed by atoms with Gasteiger partial charge < -0.3 is 9.80 Å². The van der Waals surface area contributed by atoms with E-state index in [4.69, 9.17) is 0 Å². The van der Waals surface area contributed by atoms with Gasteiger partial charge in [-0.15, -0.1) is 5.10 Å². The van der Waals surface area contributed by atoms with Crippen LogP contribution in [0.1, 0.15) is 24.8 Å². The van der Waals surface area contributed by atoms with E-state index in [-0.39, 0.29) is 23.8 Å². The lowest BCUT2D eigenvalue weighted by molar-refractivity contribution is -0.140. The Morgan fingerprint density at radius 1 is 1.15 bits per heavy atom. The maximum absolute atomic E-state index is 12.9. The van der Waals surface area contributed by atoms with Gasteiger partial charge in [0.05, 0.1) is 12.5 Å². The lowest BCUT2D eigenvalue weighted by atomic mass is 9.93. The third-order valence-corrected chi connectivity index (χ3v) is 5.29. The highest BCUT2D eigenvalue weighted by molar-refractivity contribution is 5.83. The van der Waals surface area contributed by atoms with Crippen LogP contribution in [-0.4, -0.2) is 61.0 Å². The summed E-state index contributed by atoms with van der Waals surface area (Å²) in [5.41, 5.74) is 1.13. The summed E-state index contributed by atoms with van der Waals surface area (Å²) in [6.07, 6.45) is 3.67. The predicted octanol–water partition coefficient (Wildman–Crippen LogP) is 0.713. The molecule has 2 unspecified atom stereocenters. The molecule has 3 saturated heterocycles. The molecule has 3 aliphatic heterocycles. The molecule has 3 fully saturated rings. The summed E-state index contributed by atoms with van der Waals surface area (Å²) in [5, 5.41) is 10.9. The Morgan fingerprint density at radius 2 is 2.00 bits per heavy atom. The van der Waals surface area contributed by atoms with Crippen molar-refractivity contribution in [3.05, 3.63) is 42.2 Å². The molecule has 1 aromatic heterocycles. The van der Waals surface area contributed by atoms with Crippen molar-refractivity contribution in [1.82, 2.24) is 30.0 Å². The normalized spacial score (nSPS) is 22.5. The van der Waals surface area contributed by atoms with Crippen LogP contribution in [-0.2, 0) is 22.7 Å². The molecule has 2 amide bonds. The minimum Gasteiger partial charge on any atom is -0.340 e. The number of piperidine rings is 1. The Hall–Kier alpha value is -2.77. The number of nitrogens with zero attached hydrogens (tertiary/aromatic N) is 6. The van der Waals surface area contributed by atoms with E-state index in [1.54, 1.807) is 4.68 Å². The minimum absolute atomic E-state index is 0.0618. The monoisotopic (exact) mass is 354 g/mol. The van der Waals surface area contributed by atoms with Crippen LogP contribution in [0.5, 0.6) is 0 Å². The van der Waals surface area contributed by atoms with E-state index in [2.05, 4.69) is 15.5 Å². The van der Waals surface area contributed by atoms with Crippen molar-refractivity contribution >= 4 is 11.8 Å². The van der Waals surface area contributed by atoms with Gasteiger partial charge in [-0.2, -0.15) is 0 Å². The van der Waals surface area contributed by atoms with Gasteiger partial charge in [0.2, 0.25) is 11.8 Å². The summed E-state index contributed by atoms with van der Waals surface area (Å²) < 4.78 is 1.55. The third kappa shape index (κ3) is 3.44.